The van der Waals surface area contributed by atoms with Gasteiger partial charge in [0.2, 0.25) is 0 Å². The summed E-state index contributed by atoms with van der Waals surface area (Å²) in [7, 11) is 0. The molecule has 3 nitrogen and oxygen atoms in total. The van der Waals surface area contributed by atoms with E-state index in [-0.39, 0.29) is 12.4 Å². The Labute approximate surface area is 157 Å². The standard InChI is InChI=1S/C19H16BrF3N2O/c1-12-8-18(16-4-2-3-5-17(16)24-12)25-14-9-13(19(21,22)23)10-15(11-14)26-7-6-20/h2-5,8-11H,6-7H2,1H3,(H,24,25). The molecule has 0 bridgehead atoms. The van der Waals surface area contributed by atoms with Crippen LogP contribution in [0.1, 0.15) is 11.3 Å². The Morgan fingerprint density at radius 1 is 1.12 bits per heavy atom. The van der Waals surface area contributed by atoms with Crippen molar-refractivity contribution in [2.24, 2.45) is 0 Å². The molecule has 0 aliphatic heterocycles. The zero-order valence-electron chi connectivity index (χ0n) is 13.9. The topological polar surface area (TPSA) is 34.1 Å². The van der Waals surface area contributed by atoms with E-state index in [2.05, 4.69) is 26.2 Å². The quantitative estimate of drug-likeness (QED) is 0.504. The number of halogens is 4. The second-order valence-corrected chi connectivity index (χ2v) is 6.53. The van der Waals surface area contributed by atoms with Gasteiger partial charge in [0.25, 0.3) is 0 Å². The van der Waals surface area contributed by atoms with Crippen LogP contribution in [0.3, 0.4) is 0 Å². The molecule has 2 aromatic carbocycles. The van der Waals surface area contributed by atoms with Crippen LogP contribution in [0.25, 0.3) is 10.9 Å². The molecule has 1 heterocycles. The van der Waals surface area contributed by atoms with Crippen LogP contribution in [0.4, 0.5) is 24.5 Å². The first kappa shape index (κ1) is 18.5. The van der Waals surface area contributed by atoms with Crippen molar-refractivity contribution in [3.05, 3.63) is 59.8 Å². The Kier molecular flexibility index (Phi) is 5.36. The summed E-state index contributed by atoms with van der Waals surface area (Å²) < 4.78 is 45.1. The molecule has 0 spiro atoms. The van der Waals surface area contributed by atoms with E-state index in [1.165, 1.54) is 0 Å². The summed E-state index contributed by atoms with van der Waals surface area (Å²) in [5, 5.41) is 4.45. The van der Waals surface area contributed by atoms with Crippen molar-refractivity contribution in [3.63, 3.8) is 0 Å². The van der Waals surface area contributed by atoms with Gasteiger partial charge in [-0.25, -0.2) is 0 Å². The minimum atomic E-state index is -4.46. The highest BCUT2D eigenvalue weighted by Crippen LogP contribution is 2.36. The highest BCUT2D eigenvalue weighted by Gasteiger charge is 2.31. The van der Waals surface area contributed by atoms with Gasteiger partial charge in [-0.2, -0.15) is 13.2 Å². The van der Waals surface area contributed by atoms with E-state index in [4.69, 9.17) is 4.74 Å². The summed E-state index contributed by atoms with van der Waals surface area (Å²) in [5.41, 5.74) is 1.79. The lowest BCUT2D eigenvalue weighted by molar-refractivity contribution is -0.137. The Morgan fingerprint density at radius 2 is 1.88 bits per heavy atom. The monoisotopic (exact) mass is 424 g/mol. The van der Waals surface area contributed by atoms with Gasteiger partial charge in [-0.05, 0) is 31.2 Å². The van der Waals surface area contributed by atoms with Gasteiger partial charge in [-0.3, -0.25) is 4.98 Å². The van der Waals surface area contributed by atoms with Crippen LogP contribution in [-0.2, 0) is 6.18 Å². The molecule has 0 saturated heterocycles. The number of aryl methyl sites for hydroxylation is 1. The fraction of sp³-hybridized carbons (Fsp3) is 0.211. The molecule has 0 unspecified atom stereocenters. The Balaban J connectivity index is 2.04. The van der Waals surface area contributed by atoms with Gasteiger partial charge < -0.3 is 10.1 Å². The largest absolute Gasteiger partial charge is 0.493 e. The Morgan fingerprint density at radius 3 is 2.62 bits per heavy atom. The van der Waals surface area contributed by atoms with Crippen molar-refractivity contribution in [3.8, 4) is 5.75 Å². The first-order valence-corrected chi connectivity index (χ1v) is 9.03. The molecule has 1 N–H and O–H groups in total. The van der Waals surface area contributed by atoms with Crippen molar-refractivity contribution in [1.29, 1.82) is 0 Å². The third kappa shape index (κ3) is 4.27. The molecule has 0 aliphatic carbocycles. The number of aromatic nitrogens is 1. The van der Waals surface area contributed by atoms with E-state index in [9.17, 15) is 13.2 Å². The molecule has 0 saturated carbocycles. The number of ether oxygens (including phenoxy) is 1. The molecule has 0 fully saturated rings. The highest BCUT2D eigenvalue weighted by atomic mass is 79.9. The van der Waals surface area contributed by atoms with E-state index in [0.29, 0.717) is 16.7 Å². The minimum absolute atomic E-state index is 0.164. The molecule has 0 aliphatic rings. The van der Waals surface area contributed by atoms with Crippen molar-refractivity contribution in [2.45, 2.75) is 13.1 Å². The molecule has 136 valence electrons. The van der Waals surface area contributed by atoms with Crippen LogP contribution in [0.15, 0.2) is 48.5 Å². The highest BCUT2D eigenvalue weighted by molar-refractivity contribution is 9.09. The van der Waals surface area contributed by atoms with Crippen LogP contribution in [0.5, 0.6) is 5.75 Å². The lowest BCUT2D eigenvalue weighted by atomic mass is 10.1. The summed E-state index contributed by atoms with van der Waals surface area (Å²) in [6.07, 6.45) is -4.46. The van der Waals surface area contributed by atoms with Gasteiger partial charge in [0.15, 0.2) is 0 Å². The third-order valence-corrected chi connectivity index (χ3v) is 4.03. The Bertz CT molecular complexity index is 928. The van der Waals surface area contributed by atoms with Gasteiger partial charge in [-0.15, -0.1) is 0 Å². The molecule has 0 atom stereocenters. The molecule has 3 aromatic rings. The van der Waals surface area contributed by atoms with Gasteiger partial charge in [0.1, 0.15) is 5.75 Å². The molecule has 7 heteroatoms. The molecular weight excluding hydrogens is 409 g/mol. The van der Waals surface area contributed by atoms with Crippen molar-refractivity contribution in [2.75, 3.05) is 17.3 Å². The summed E-state index contributed by atoms with van der Waals surface area (Å²) in [6.45, 7) is 2.12. The second-order valence-electron chi connectivity index (χ2n) is 5.73. The van der Waals surface area contributed by atoms with E-state index in [1.54, 1.807) is 6.07 Å². The molecule has 26 heavy (non-hydrogen) atoms. The van der Waals surface area contributed by atoms with Crippen molar-refractivity contribution >= 4 is 38.2 Å². The maximum Gasteiger partial charge on any atom is 0.416 e. The number of hydrogen-bond donors (Lipinski definition) is 1. The van der Waals surface area contributed by atoms with Crippen LogP contribution in [0.2, 0.25) is 0 Å². The predicted molar refractivity (Wildman–Crippen MR) is 100 cm³/mol. The number of anilines is 2. The maximum atomic E-state index is 13.2. The fourth-order valence-corrected chi connectivity index (χ4v) is 2.80. The normalized spacial score (nSPS) is 11.6. The van der Waals surface area contributed by atoms with Crippen LogP contribution < -0.4 is 10.1 Å². The number of rotatable bonds is 5. The number of benzene rings is 2. The van der Waals surface area contributed by atoms with Gasteiger partial charge in [0.05, 0.1) is 17.7 Å². The average molecular weight is 425 g/mol. The lowest BCUT2D eigenvalue weighted by Crippen LogP contribution is -2.07. The molecule has 0 radical (unpaired) electrons. The van der Waals surface area contributed by atoms with Gasteiger partial charge in [0, 0.05) is 33.9 Å². The first-order chi connectivity index (χ1) is 12.4. The molecular formula is C19H16BrF3N2O. The Hall–Kier alpha value is -2.28. The van der Waals surface area contributed by atoms with Crippen molar-refractivity contribution < 1.29 is 17.9 Å². The van der Waals surface area contributed by atoms with Crippen LogP contribution in [-0.4, -0.2) is 16.9 Å². The summed E-state index contributed by atoms with van der Waals surface area (Å²) in [6, 6.07) is 12.9. The second kappa shape index (κ2) is 7.53. The van der Waals surface area contributed by atoms with E-state index < -0.39 is 11.7 Å². The number of fused-ring (bicyclic) bond motifs is 1. The predicted octanol–water partition coefficient (Wildman–Crippen LogP) is 6.08. The van der Waals surface area contributed by atoms with Gasteiger partial charge in [-0.1, -0.05) is 34.1 Å². The van der Waals surface area contributed by atoms with E-state index in [1.807, 2.05) is 37.3 Å². The number of nitrogens with one attached hydrogen (secondary N) is 1. The zero-order chi connectivity index (χ0) is 18.7. The van der Waals surface area contributed by atoms with Crippen molar-refractivity contribution in [1.82, 2.24) is 4.98 Å². The minimum Gasteiger partial charge on any atom is -0.493 e. The summed E-state index contributed by atoms with van der Waals surface area (Å²) >= 11 is 3.20. The van der Waals surface area contributed by atoms with Crippen LogP contribution in [0, 0.1) is 6.92 Å². The lowest BCUT2D eigenvalue weighted by Gasteiger charge is -2.15. The van der Waals surface area contributed by atoms with Gasteiger partial charge >= 0.3 is 6.18 Å². The van der Waals surface area contributed by atoms with Crippen LogP contribution >= 0.6 is 15.9 Å². The molecule has 3 rings (SSSR count). The number of hydrogen-bond acceptors (Lipinski definition) is 3. The fourth-order valence-electron chi connectivity index (χ4n) is 2.64. The summed E-state index contributed by atoms with van der Waals surface area (Å²) in [4.78, 5) is 4.44. The number of para-hydroxylation sites is 1. The van der Waals surface area contributed by atoms with E-state index >= 15 is 0 Å². The molecule has 1 aromatic heterocycles. The number of pyridine rings is 1. The first-order valence-electron chi connectivity index (χ1n) is 7.91. The summed E-state index contributed by atoms with van der Waals surface area (Å²) in [5.74, 6) is 0.164. The zero-order valence-corrected chi connectivity index (χ0v) is 15.5. The maximum absolute atomic E-state index is 13.2. The van der Waals surface area contributed by atoms with E-state index in [0.717, 1.165) is 28.7 Å². The smallest absolute Gasteiger partial charge is 0.416 e. The molecule has 0 amide bonds. The SMILES string of the molecule is Cc1cc(Nc2cc(OCCBr)cc(C(F)(F)F)c2)c2ccccc2n1. The number of alkyl halides is 4. The number of nitrogens with zero attached hydrogens (tertiary/aromatic N) is 1. The average Bonchev–Trinajstić information content (AvgIpc) is 2.59. The third-order valence-electron chi connectivity index (χ3n) is 3.70.